The normalized spacial score (nSPS) is 18.8. The molecule has 4 rings (SSSR count). The van der Waals surface area contributed by atoms with Gasteiger partial charge in [-0.05, 0) is 17.7 Å². The average Bonchev–Trinajstić information content (AvgIpc) is 3.16. The van der Waals surface area contributed by atoms with Crippen LogP contribution in [0.2, 0.25) is 0 Å². The fourth-order valence-corrected chi connectivity index (χ4v) is 3.42. The first kappa shape index (κ1) is 17.0. The molecule has 1 N–H and O–H groups in total. The minimum atomic E-state index is -0.463. The molecule has 0 unspecified atom stereocenters. The average molecular weight is 353 g/mol. The topological polar surface area (TPSA) is 63.7 Å². The van der Waals surface area contributed by atoms with E-state index < -0.39 is 5.79 Å². The van der Waals surface area contributed by atoms with Crippen LogP contribution in [0.3, 0.4) is 0 Å². The Morgan fingerprint density at radius 1 is 1.08 bits per heavy atom. The van der Waals surface area contributed by atoms with Crippen LogP contribution < -0.4 is 5.32 Å². The first-order valence-electron chi connectivity index (χ1n) is 9.05. The maximum absolute atomic E-state index is 12.7. The van der Waals surface area contributed by atoms with Gasteiger partial charge in [0.05, 0.1) is 25.1 Å². The van der Waals surface area contributed by atoms with Gasteiger partial charge in [0.1, 0.15) is 5.69 Å². The van der Waals surface area contributed by atoms with Gasteiger partial charge in [0.25, 0.3) is 5.91 Å². The Morgan fingerprint density at radius 3 is 2.46 bits per heavy atom. The van der Waals surface area contributed by atoms with E-state index in [4.69, 9.17) is 9.47 Å². The summed E-state index contributed by atoms with van der Waals surface area (Å²) in [6, 6.07) is 13.8. The molecule has 26 heavy (non-hydrogen) atoms. The van der Waals surface area contributed by atoms with Crippen molar-refractivity contribution in [2.45, 2.75) is 25.2 Å². The Balaban J connectivity index is 1.32. The lowest BCUT2D eigenvalue weighted by molar-refractivity contribution is -0.181. The molecule has 2 saturated heterocycles. The van der Waals surface area contributed by atoms with E-state index in [1.54, 1.807) is 12.3 Å². The maximum Gasteiger partial charge on any atom is 0.272 e. The number of pyridine rings is 1. The van der Waals surface area contributed by atoms with Crippen molar-refractivity contribution in [2.24, 2.45) is 0 Å². The number of benzene rings is 1. The first-order valence-corrected chi connectivity index (χ1v) is 9.05. The Kier molecular flexibility index (Phi) is 4.86. The second-order valence-electron chi connectivity index (χ2n) is 6.67. The molecule has 0 saturated carbocycles. The minimum Gasteiger partial charge on any atom is -0.380 e. The maximum atomic E-state index is 12.7. The highest BCUT2D eigenvalue weighted by molar-refractivity contribution is 5.92. The fourth-order valence-electron chi connectivity index (χ4n) is 3.42. The molecular weight excluding hydrogens is 330 g/mol. The number of likely N-dealkylation sites (tertiary alicyclic amines) is 1. The Bertz CT molecular complexity index is 733. The van der Waals surface area contributed by atoms with Gasteiger partial charge in [-0.3, -0.25) is 4.79 Å². The number of carbonyl (C=O) groups excluding carboxylic acids is 1. The summed E-state index contributed by atoms with van der Waals surface area (Å²) < 4.78 is 11.4. The van der Waals surface area contributed by atoms with Crippen LogP contribution >= 0.6 is 0 Å². The molecule has 1 amide bonds. The summed E-state index contributed by atoms with van der Waals surface area (Å²) in [6.07, 6.45) is 3.15. The van der Waals surface area contributed by atoms with Crippen LogP contribution in [-0.2, 0) is 16.0 Å². The second kappa shape index (κ2) is 7.43. The lowest BCUT2D eigenvalue weighted by Crippen LogP contribution is -2.47. The number of nitrogens with zero attached hydrogens (tertiary/aromatic N) is 2. The lowest BCUT2D eigenvalue weighted by atomic mass is 10.0. The van der Waals surface area contributed by atoms with Crippen molar-refractivity contribution in [1.29, 1.82) is 0 Å². The van der Waals surface area contributed by atoms with Crippen molar-refractivity contribution in [2.75, 3.05) is 31.6 Å². The van der Waals surface area contributed by atoms with Crippen LogP contribution in [-0.4, -0.2) is 47.9 Å². The molecule has 0 atom stereocenters. The third-order valence-corrected chi connectivity index (χ3v) is 4.95. The smallest absolute Gasteiger partial charge is 0.272 e. The third-order valence-electron chi connectivity index (χ3n) is 4.95. The zero-order valence-corrected chi connectivity index (χ0v) is 14.7. The molecule has 136 valence electrons. The lowest BCUT2D eigenvalue weighted by Gasteiger charge is -2.37. The van der Waals surface area contributed by atoms with Crippen LogP contribution in [0, 0.1) is 0 Å². The van der Waals surface area contributed by atoms with E-state index in [-0.39, 0.29) is 5.91 Å². The largest absolute Gasteiger partial charge is 0.380 e. The summed E-state index contributed by atoms with van der Waals surface area (Å²) in [4.78, 5) is 18.8. The molecule has 6 heteroatoms. The minimum absolute atomic E-state index is 0.0348. The molecule has 3 heterocycles. The quantitative estimate of drug-likeness (QED) is 0.916. The van der Waals surface area contributed by atoms with Crippen molar-refractivity contribution in [3.05, 3.63) is 59.9 Å². The van der Waals surface area contributed by atoms with Crippen molar-refractivity contribution >= 4 is 11.6 Å². The van der Waals surface area contributed by atoms with Gasteiger partial charge in [-0.15, -0.1) is 0 Å². The monoisotopic (exact) mass is 353 g/mol. The van der Waals surface area contributed by atoms with E-state index in [0.29, 0.717) is 32.0 Å². The molecule has 1 spiro atoms. The Labute approximate surface area is 153 Å². The van der Waals surface area contributed by atoms with E-state index in [2.05, 4.69) is 22.4 Å². The number of anilines is 1. The Hall–Kier alpha value is -2.44. The van der Waals surface area contributed by atoms with E-state index in [0.717, 1.165) is 25.1 Å². The van der Waals surface area contributed by atoms with Gasteiger partial charge in [-0.2, -0.15) is 0 Å². The molecular formula is C20H23N3O3. The zero-order chi connectivity index (χ0) is 17.8. The molecule has 6 nitrogen and oxygen atoms in total. The van der Waals surface area contributed by atoms with Gasteiger partial charge in [-0.1, -0.05) is 30.3 Å². The number of aromatic nitrogens is 1. The number of carbonyl (C=O) groups is 1. The number of rotatable bonds is 4. The summed E-state index contributed by atoms with van der Waals surface area (Å²) in [5, 5.41) is 3.32. The van der Waals surface area contributed by atoms with Gasteiger partial charge >= 0.3 is 0 Å². The zero-order valence-electron chi connectivity index (χ0n) is 14.7. The van der Waals surface area contributed by atoms with Crippen molar-refractivity contribution < 1.29 is 14.3 Å². The predicted octanol–water partition coefficient (Wildman–Crippen LogP) is 2.67. The van der Waals surface area contributed by atoms with Gasteiger partial charge in [0.15, 0.2) is 5.79 Å². The molecule has 0 aliphatic carbocycles. The first-order chi connectivity index (χ1) is 12.7. The van der Waals surface area contributed by atoms with E-state index in [9.17, 15) is 4.79 Å². The SMILES string of the molecule is O=C(c1ccc(NCc2ccccc2)cn1)N1CCC2(CC1)OCCO2. The molecule has 2 fully saturated rings. The number of piperidine rings is 1. The number of hydrogen-bond donors (Lipinski definition) is 1. The van der Waals surface area contributed by atoms with Crippen molar-refractivity contribution in [3.8, 4) is 0 Å². The van der Waals surface area contributed by atoms with E-state index in [1.165, 1.54) is 5.56 Å². The second-order valence-corrected chi connectivity index (χ2v) is 6.67. The van der Waals surface area contributed by atoms with E-state index >= 15 is 0 Å². The third kappa shape index (κ3) is 3.71. The predicted molar refractivity (Wildman–Crippen MR) is 97.8 cm³/mol. The van der Waals surface area contributed by atoms with Crippen LogP contribution in [0.1, 0.15) is 28.9 Å². The summed E-state index contributed by atoms with van der Waals surface area (Å²) in [5.41, 5.74) is 2.57. The van der Waals surface area contributed by atoms with Gasteiger partial charge < -0.3 is 19.7 Å². The van der Waals surface area contributed by atoms with Gasteiger partial charge in [0.2, 0.25) is 0 Å². The highest BCUT2D eigenvalue weighted by atomic mass is 16.7. The number of ether oxygens (including phenoxy) is 2. The molecule has 0 radical (unpaired) electrons. The van der Waals surface area contributed by atoms with E-state index in [1.807, 2.05) is 29.2 Å². The molecule has 2 aromatic rings. The van der Waals surface area contributed by atoms with Crippen molar-refractivity contribution in [3.63, 3.8) is 0 Å². The van der Waals surface area contributed by atoms with Crippen LogP contribution in [0.4, 0.5) is 5.69 Å². The fraction of sp³-hybridized carbons (Fsp3) is 0.400. The highest BCUT2D eigenvalue weighted by Crippen LogP contribution is 2.31. The van der Waals surface area contributed by atoms with Gasteiger partial charge in [0, 0.05) is 32.5 Å². The Morgan fingerprint density at radius 2 is 1.81 bits per heavy atom. The molecule has 2 aliphatic heterocycles. The standard InChI is InChI=1S/C20H23N3O3/c24-19(23-10-8-20(9-11-23)25-12-13-26-20)18-7-6-17(15-22-18)21-14-16-4-2-1-3-5-16/h1-7,15,21H,8-14H2. The van der Waals surface area contributed by atoms with Crippen LogP contribution in [0.5, 0.6) is 0 Å². The number of nitrogens with one attached hydrogen (secondary N) is 1. The summed E-state index contributed by atoms with van der Waals surface area (Å²) in [6.45, 7) is 3.28. The van der Waals surface area contributed by atoms with Crippen LogP contribution in [0.25, 0.3) is 0 Å². The summed E-state index contributed by atoms with van der Waals surface area (Å²) in [5.74, 6) is -0.498. The molecule has 1 aromatic carbocycles. The molecule has 2 aliphatic rings. The highest BCUT2D eigenvalue weighted by Gasteiger charge is 2.40. The number of amides is 1. The molecule has 0 bridgehead atoms. The summed E-state index contributed by atoms with van der Waals surface area (Å²) >= 11 is 0. The molecule has 1 aromatic heterocycles. The van der Waals surface area contributed by atoms with Crippen LogP contribution in [0.15, 0.2) is 48.7 Å². The van der Waals surface area contributed by atoms with Gasteiger partial charge in [-0.25, -0.2) is 4.98 Å². The number of hydrogen-bond acceptors (Lipinski definition) is 5. The van der Waals surface area contributed by atoms with Crippen molar-refractivity contribution in [1.82, 2.24) is 9.88 Å². The summed E-state index contributed by atoms with van der Waals surface area (Å²) in [7, 11) is 0.